The predicted octanol–water partition coefficient (Wildman–Crippen LogP) is 2.83. The smallest absolute Gasteiger partial charge is 0.261 e. The van der Waals surface area contributed by atoms with Gasteiger partial charge in [0, 0.05) is 17.8 Å². The van der Waals surface area contributed by atoms with Gasteiger partial charge in [-0.25, -0.2) is 0 Å². The molecule has 0 unspecified atom stereocenters. The zero-order valence-electron chi connectivity index (χ0n) is 12.9. The zero-order chi connectivity index (χ0) is 17.4. The Morgan fingerprint density at radius 2 is 1.79 bits per heavy atom. The molecule has 0 atom stereocenters. The lowest BCUT2D eigenvalue weighted by Gasteiger charge is -2.10. The lowest BCUT2D eigenvalue weighted by Crippen LogP contribution is -2.24. The van der Waals surface area contributed by atoms with Crippen molar-refractivity contribution in [2.24, 2.45) is 0 Å². The van der Waals surface area contributed by atoms with Gasteiger partial charge in [0.05, 0.1) is 23.8 Å². The number of benzene rings is 2. The molecule has 3 rings (SSSR count). The van der Waals surface area contributed by atoms with Gasteiger partial charge in [0.2, 0.25) is 0 Å². The van der Waals surface area contributed by atoms with E-state index in [-0.39, 0.29) is 17.0 Å². The number of methoxy groups -OCH3 is 1. The predicted molar refractivity (Wildman–Crippen MR) is 88.8 cm³/mol. The number of amides is 3. The maximum absolute atomic E-state index is 12.4. The fraction of sp³-hybridized carbons (Fsp3) is 0.118. The second-order valence-corrected chi connectivity index (χ2v) is 5.66. The molecule has 2 aromatic carbocycles. The van der Waals surface area contributed by atoms with Gasteiger partial charge >= 0.3 is 0 Å². The normalized spacial score (nSPS) is 13.0. The van der Waals surface area contributed by atoms with Crippen LogP contribution in [0.5, 0.6) is 5.75 Å². The molecule has 0 saturated carbocycles. The maximum Gasteiger partial charge on any atom is 0.261 e. The van der Waals surface area contributed by atoms with Crippen molar-refractivity contribution in [2.75, 3.05) is 19.5 Å². The number of carbonyl (C=O) groups is 3. The Morgan fingerprint density at radius 3 is 2.50 bits per heavy atom. The number of halogens is 1. The van der Waals surface area contributed by atoms with Crippen molar-refractivity contribution in [3.05, 3.63) is 58.1 Å². The molecule has 0 aromatic heterocycles. The lowest BCUT2D eigenvalue weighted by molar-refractivity contribution is 0.0692. The van der Waals surface area contributed by atoms with Crippen molar-refractivity contribution in [3.63, 3.8) is 0 Å². The number of ether oxygens (including phenoxy) is 1. The molecule has 24 heavy (non-hydrogen) atoms. The molecule has 1 aliphatic heterocycles. The highest BCUT2D eigenvalue weighted by Crippen LogP contribution is 2.27. The fourth-order valence-corrected chi connectivity index (χ4v) is 2.67. The first kappa shape index (κ1) is 16.0. The average molecular weight is 345 g/mol. The van der Waals surface area contributed by atoms with Crippen LogP contribution < -0.4 is 10.1 Å². The molecule has 1 heterocycles. The van der Waals surface area contributed by atoms with Crippen molar-refractivity contribution in [1.29, 1.82) is 0 Å². The summed E-state index contributed by atoms with van der Waals surface area (Å²) in [6.07, 6.45) is 0. The van der Waals surface area contributed by atoms with Gasteiger partial charge in [0.25, 0.3) is 17.7 Å². The summed E-state index contributed by atoms with van der Waals surface area (Å²) >= 11 is 5.93. The van der Waals surface area contributed by atoms with Crippen LogP contribution in [-0.4, -0.2) is 36.8 Å². The van der Waals surface area contributed by atoms with E-state index >= 15 is 0 Å². The summed E-state index contributed by atoms with van der Waals surface area (Å²) in [5.74, 6) is -0.806. The highest BCUT2D eigenvalue weighted by atomic mass is 35.5. The first-order chi connectivity index (χ1) is 11.4. The largest absolute Gasteiger partial charge is 0.496 e. The molecular formula is C17H13ClN2O4. The van der Waals surface area contributed by atoms with Crippen LogP contribution in [0.25, 0.3) is 0 Å². The molecule has 1 aliphatic rings. The maximum atomic E-state index is 12.4. The Morgan fingerprint density at radius 1 is 1.08 bits per heavy atom. The lowest BCUT2D eigenvalue weighted by atomic mass is 10.1. The fourth-order valence-electron chi connectivity index (χ4n) is 2.50. The molecular weight excluding hydrogens is 332 g/mol. The number of fused-ring (bicyclic) bond motifs is 1. The first-order valence-corrected chi connectivity index (χ1v) is 7.41. The minimum atomic E-state index is -0.431. The molecule has 0 radical (unpaired) electrons. The van der Waals surface area contributed by atoms with Crippen LogP contribution in [0.1, 0.15) is 31.1 Å². The summed E-state index contributed by atoms with van der Waals surface area (Å²) in [6.45, 7) is 0. The minimum Gasteiger partial charge on any atom is -0.496 e. The number of rotatable bonds is 3. The van der Waals surface area contributed by atoms with E-state index in [0.717, 1.165) is 4.90 Å². The van der Waals surface area contributed by atoms with E-state index in [9.17, 15) is 14.4 Å². The van der Waals surface area contributed by atoms with Crippen LogP contribution in [0, 0.1) is 0 Å². The van der Waals surface area contributed by atoms with Gasteiger partial charge in [-0.1, -0.05) is 11.6 Å². The molecule has 3 amide bonds. The Hall–Kier alpha value is -2.86. The van der Waals surface area contributed by atoms with Crippen LogP contribution in [0.3, 0.4) is 0 Å². The molecule has 2 aromatic rings. The van der Waals surface area contributed by atoms with E-state index in [4.69, 9.17) is 16.3 Å². The SMILES string of the molecule is COc1ccc(Cl)cc1C(=O)Nc1ccc2c(c1)C(=O)N(C)C2=O. The van der Waals surface area contributed by atoms with Crippen LogP contribution in [-0.2, 0) is 0 Å². The van der Waals surface area contributed by atoms with Gasteiger partial charge in [-0.3, -0.25) is 19.3 Å². The number of nitrogens with zero attached hydrogens (tertiary/aromatic N) is 1. The molecule has 6 nitrogen and oxygen atoms in total. The Labute approximate surface area is 143 Å². The van der Waals surface area contributed by atoms with E-state index < -0.39 is 11.8 Å². The van der Waals surface area contributed by atoms with Crippen LogP contribution in [0.15, 0.2) is 36.4 Å². The molecule has 0 bridgehead atoms. The minimum absolute atomic E-state index is 0.262. The highest BCUT2D eigenvalue weighted by molar-refractivity contribution is 6.31. The summed E-state index contributed by atoms with van der Waals surface area (Å²) in [5, 5.41) is 3.08. The summed E-state index contributed by atoms with van der Waals surface area (Å²) in [4.78, 5) is 37.4. The van der Waals surface area contributed by atoms with Crippen molar-refractivity contribution in [3.8, 4) is 5.75 Å². The Bertz CT molecular complexity index is 879. The van der Waals surface area contributed by atoms with Gasteiger partial charge in [-0.15, -0.1) is 0 Å². The number of imide groups is 1. The number of anilines is 1. The third-order valence-corrected chi connectivity index (χ3v) is 3.99. The third kappa shape index (κ3) is 2.61. The molecule has 0 aliphatic carbocycles. The van der Waals surface area contributed by atoms with Crippen molar-refractivity contribution in [1.82, 2.24) is 4.90 Å². The Kier molecular flexibility index (Phi) is 3.99. The first-order valence-electron chi connectivity index (χ1n) is 7.03. The number of hydrogen-bond donors (Lipinski definition) is 1. The van der Waals surface area contributed by atoms with Gasteiger partial charge in [0.1, 0.15) is 5.75 Å². The van der Waals surface area contributed by atoms with Gasteiger partial charge < -0.3 is 10.1 Å². The van der Waals surface area contributed by atoms with E-state index in [2.05, 4.69) is 5.32 Å². The van der Waals surface area contributed by atoms with E-state index in [1.54, 1.807) is 18.2 Å². The second kappa shape index (κ2) is 5.98. The molecule has 1 N–H and O–H groups in total. The number of nitrogens with one attached hydrogen (secondary N) is 1. The summed E-state index contributed by atoms with van der Waals surface area (Å²) in [7, 11) is 2.87. The van der Waals surface area contributed by atoms with Crippen LogP contribution >= 0.6 is 11.6 Å². The number of hydrogen-bond acceptors (Lipinski definition) is 4. The van der Waals surface area contributed by atoms with Crippen molar-refractivity contribution in [2.45, 2.75) is 0 Å². The summed E-state index contributed by atoms with van der Waals surface area (Å²) in [6, 6.07) is 9.27. The highest BCUT2D eigenvalue weighted by Gasteiger charge is 2.32. The van der Waals surface area contributed by atoms with Crippen LogP contribution in [0.2, 0.25) is 5.02 Å². The van der Waals surface area contributed by atoms with E-state index in [1.807, 2.05) is 0 Å². The average Bonchev–Trinajstić information content (AvgIpc) is 2.79. The topological polar surface area (TPSA) is 75.7 Å². The standard InChI is InChI=1S/C17H13ClN2O4/c1-20-16(22)11-5-4-10(8-12(11)17(20)23)19-15(21)13-7-9(18)3-6-14(13)24-2/h3-8H,1-2H3,(H,19,21). The summed E-state index contributed by atoms with van der Waals surface area (Å²) < 4.78 is 5.15. The monoisotopic (exact) mass is 344 g/mol. The van der Waals surface area contributed by atoms with Gasteiger partial charge in [-0.2, -0.15) is 0 Å². The van der Waals surface area contributed by atoms with E-state index in [1.165, 1.54) is 32.4 Å². The zero-order valence-corrected chi connectivity index (χ0v) is 13.7. The molecule has 0 fully saturated rings. The molecule has 122 valence electrons. The van der Waals surface area contributed by atoms with Crippen LogP contribution in [0.4, 0.5) is 5.69 Å². The molecule has 7 heteroatoms. The third-order valence-electron chi connectivity index (χ3n) is 3.75. The second-order valence-electron chi connectivity index (χ2n) is 5.23. The van der Waals surface area contributed by atoms with Crippen molar-refractivity contribution < 1.29 is 19.1 Å². The number of carbonyl (C=O) groups excluding carboxylic acids is 3. The quantitative estimate of drug-likeness (QED) is 0.869. The molecule has 0 saturated heterocycles. The van der Waals surface area contributed by atoms with Crippen molar-refractivity contribution >= 4 is 35.0 Å². The Balaban J connectivity index is 1.91. The summed E-state index contributed by atoms with van der Waals surface area (Å²) in [5.41, 5.74) is 1.25. The molecule has 0 spiro atoms. The van der Waals surface area contributed by atoms with Gasteiger partial charge in [-0.05, 0) is 36.4 Å². The van der Waals surface area contributed by atoms with Gasteiger partial charge in [0.15, 0.2) is 0 Å². The van der Waals surface area contributed by atoms with E-state index in [0.29, 0.717) is 22.0 Å².